The summed E-state index contributed by atoms with van der Waals surface area (Å²) in [6, 6.07) is 1.58. The fraction of sp³-hybridized carbons (Fsp3) is 0.400. The maximum absolute atomic E-state index is 13.3. The minimum Gasteiger partial charge on any atom is -0.475 e. The van der Waals surface area contributed by atoms with E-state index < -0.39 is 23.8 Å². The number of hydrogen-bond donors (Lipinski definition) is 1. The predicted molar refractivity (Wildman–Crippen MR) is 79.0 cm³/mol. The van der Waals surface area contributed by atoms with Gasteiger partial charge in [0.15, 0.2) is 0 Å². The van der Waals surface area contributed by atoms with E-state index in [2.05, 4.69) is 4.84 Å². The van der Waals surface area contributed by atoms with Crippen LogP contribution >= 0.6 is 11.6 Å². The fourth-order valence-corrected chi connectivity index (χ4v) is 2.61. The topological polar surface area (TPSA) is 61.5 Å². The van der Waals surface area contributed by atoms with Crippen LogP contribution in [0.3, 0.4) is 0 Å². The monoisotopic (exact) mass is 349 g/mol. The largest absolute Gasteiger partial charge is 0.475 e. The third-order valence-electron chi connectivity index (χ3n) is 3.63. The molecule has 0 aliphatic carbocycles. The first kappa shape index (κ1) is 17.6. The Labute approximate surface area is 136 Å². The van der Waals surface area contributed by atoms with Crippen LogP contribution in [0.4, 0.5) is 13.2 Å². The van der Waals surface area contributed by atoms with Crippen molar-refractivity contribution < 1.29 is 27.5 Å². The number of carbonyl (C=O) groups excluding carboxylic acids is 1. The van der Waals surface area contributed by atoms with Crippen LogP contribution in [0.15, 0.2) is 11.6 Å². The molecule has 0 saturated heterocycles. The number of halogens is 4. The van der Waals surface area contributed by atoms with Gasteiger partial charge in [-0.3, -0.25) is 0 Å². The van der Waals surface area contributed by atoms with Gasteiger partial charge >= 0.3 is 12.1 Å². The van der Waals surface area contributed by atoms with Crippen molar-refractivity contribution in [3.05, 3.63) is 33.4 Å². The second kappa shape index (κ2) is 6.05. The van der Waals surface area contributed by atoms with E-state index in [1.807, 2.05) is 0 Å². The molecule has 0 saturated carbocycles. The van der Waals surface area contributed by atoms with Gasteiger partial charge in [-0.25, -0.2) is 4.79 Å². The normalized spacial score (nSPS) is 17.4. The molecule has 126 valence electrons. The zero-order chi connectivity index (χ0) is 17.5. The second-order valence-corrected chi connectivity index (χ2v) is 5.92. The molecule has 8 heteroatoms. The van der Waals surface area contributed by atoms with E-state index in [0.717, 1.165) is 6.08 Å². The Morgan fingerprint density at radius 1 is 1.43 bits per heavy atom. The summed E-state index contributed by atoms with van der Waals surface area (Å²) < 4.78 is 44.9. The minimum atomic E-state index is -4.79. The Morgan fingerprint density at radius 3 is 2.52 bits per heavy atom. The van der Waals surface area contributed by atoms with E-state index in [1.165, 1.54) is 0 Å². The Morgan fingerprint density at radius 2 is 2.04 bits per heavy atom. The average molecular weight is 350 g/mol. The van der Waals surface area contributed by atoms with Crippen LogP contribution in [0, 0.1) is 6.92 Å². The molecule has 0 aromatic heterocycles. The first-order valence-electron chi connectivity index (χ1n) is 6.77. The molecule has 4 nitrogen and oxygen atoms in total. The van der Waals surface area contributed by atoms with Crippen molar-refractivity contribution >= 4 is 23.6 Å². The summed E-state index contributed by atoms with van der Waals surface area (Å²) >= 11 is 6.13. The van der Waals surface area contributed by atoms with Gasteiger partial charge in [0.2, 0.25) is 6.10 Å². The number of alkyl halides is 3. The third-order valence-corrected chi connectivity index (χ3v) is 4.02. The maximum atomic E-state index is 13.3. The SMILES string of the molecule is Cc1c(Cl)cc(C(C)C)c2c1C=C(C(=O)ON)C(C(F)(F)F)O2. The molecule has 2 N–H and O–H groups in total. The second-order valence-electron chi connectivity index (χ2n) is 5.51. The Bertz CT molecular complexity index is 684. The van der Waals surface area contributed by atoms with Crippen molar-refractivity contribution in [3.8, 4) is 5.75 Å². The standard InChI is InChI=1S/C15H15ClF3NO3/c1-6(2)8-5-11(16)7(3)9-4-10(14(21)23-20)13(15(17,18)19)22-12(8)9/h4-6,13H,20H2,1-3H3. The molecule has 1 aliphatic rings. The molecule has 1 atom stereocenters. The van der Waals surface area contributed by atoms with Crippen LogP contribution in [0.2, 0.25) is 5.02 Å². The predicted octanol–water partition coefficient (Wildman–Crippen LogP) is 3.90. The van der Waals surface area contributed by atoms with Gasteiger partial charge in [0.1, 0.15) is 5.75 Å². The molecule has 1 aliphatic heterocycles. The van der Waals surface area contributed by atoms with Gasteiger partial charge in [-0.05, 0) is 36.1 Å². The van der Waals surface area contributed by atoms with Gasteiger partial charge in [-0.1, -0.05) is 25.4 Å². The minimum absolute atomic E-state index is 0.0674. The molecule has 0 fully saturated rings. The lowest BCUT2D eigenvalue weighted by Crippen LogP contribution is -2.41. The number of ether oxygens (including phenoxy) is 1. The van der Waals surface area contributed by atoms with Gasteiger partial charge in [0.25, 0.3) is 0 Å². The molecule has 1 unspecified atom stereocenters. The van der Waals surface area contributed by atoms with Gasteiger partial charge in [0, 0.05) is 10.6 Å². The number of hydrogen-bond acceptors (Lipinski definition) is 4. The Kier molecular flexibility index (Phi) is 4.64. The van der Waals surface area contributed by atoms with Crippen molar-refractivity contribution in [3.63, 3.8) is 0 Å². The Hall–Kier alpha value is -1.73. The summed E-state index contributed by atoms with van der Waals surface area (Å²) in [7, 11) is 0. The van der Waals surface area contributed by atoms with E-state index >= 15 is 0 Å². The van der Waals surface area contributed by atoms with E-state index in [-0.39, 0.29) is 11.7 Å². The first-order valence-corrected chi connectivity index (χ1v) is 7.14. The molecule has 1 aromatic carbocycles. The highest BCUT2D eigenvalue weighted by Gasteiger charge is 2.49. The summed E-state index contributed by atoms with van der Waals surface area (Å²) in [5.74, 6) is 3.38. The van der Waals surface area contributed by atoms with Crippen molar-refractivity contribution in [2.45, 2.75) is 39.0 Å². The zero-order valence-electron chi connectivity index (χ0n) is 12.6. The molecule has 0 radical (unpaired) electrons. The highest BCUT2D eigenvalue weighted by Crippen LogP contribution is 2.44. The summed E-state index contributed by atoms with van der Waals surface area (Å²) in [5.41, 5.74) is 0.643. The summed E-state index contributed by atoms with van der Waals surface area (Å²) in [4.78, 5) is 15.6. The molecular formula is C15H15ClF3NO3. The maximum Gasteiger partial charge on any atom is 0.430 e. The smallest absolute Gasteiger partial charge is 0.430 e. The van der Waals surface area contributed by atoms with E-state index in [9.17, 15) is 18.0 Å². The number of benzene rings is 1. The van der Waals surface area contributed by atoms with E-state index in [4.69, 9.17) is 22.2 Å². The van der Waals surface area contributed by atoms with E-state index in [1.54, 1.807) is 26.8 Å². The van der Waals surface area contributed by atoms with Crippen LogP contribution in [-0.4, -0.2) is 18.2 Å². The highest BCUT2D eigenvalue weighted by atomic mass is 35.5. The van der Waals surface area contributed by atoms with Crippen LogP contribution in [0.25, 0.3) is 6.08 Å². The molecule has 0 bridgehead atoms. The molecule has 1 heterocycles. The quantitative estimate of drug-likeness (QED) is 0.823. The van der Waals surface area contributed by atoms with E-state index in [0.29, 0.717) is 21.7 Å². The number of carbonyl (C=O) groups is 1. The number of rotatable bonds is 2. The zero-order valence-corrected chi connectivity index (χ0v) is 13.4. The third kappa shape index (κ3) is 3.16. The van der Waals surface area contributed by atoms with Crippen molar-refractivity contribution in [1.82, 2.24) is 0 Å². The molecule has 1 aromatic rings. The lowest BCUT2D eigenvalue weighted by molar-refractivity contribution is -0.188. The van der Waals surface area contributed by atoms with Gasteiger partial charge in [-0.2, -0.15) is 19.1 Å². The molecular weight excluding hydrogens is 335 g/mol. The summed E-state index contributed by atoms with van der Waals surface area (Å²) in [6.07, 6.45) is -6.15. The van der Waals surface area contributed by atoms with Gasteiger partial charge in [-0.15, -0.1) is 0 Å². The van der Waals surface area contributed by atoms with Crippen LogP contribution in [0.1, 0.15) is 36.5 Å². The molecule has 2 rings (SSSR count). The van der Waals surface area contributed by atoms with Crippen LogP contribution in [0.5, 0.6) is 5.75 Å². The number of nitrogens with two attached hydrogens (primary N) is 1. The van der Waals surface area contributed by atoms with Crippen LogP contribution < -0.4 is 10.6 Å². The van der Waals surface area contributed by atoms with Crippen molar-refractivity contribution in [2.24, 2.45) is 5.90 Å². The molecule has 23 heavy (non-hydrogen) atoms. The first-order chi connectivity index (χ1) is 10.6. The Balaban J connectivity index is 2.74. The lowest BCUT2D eigenvalue weighted by Gasteiger charge is -2.30. The van der Waals surface area contributed by atoms with Gasteiger partial charge in [0.05, 0.1) is 5.57 Å². The van der Waals surface area contributed by atoms with Crippen molar-refractivity contribution in [2.75, 3.05) is 0 Å². The highest BCUT2D eigenvalue weighted by molar-refractivity contribution is 6.31. The van der Waals surface area contributed by atoms with Gasteiger partial charge < -0.3 is 9.57 Å². The van der Waals surface area contributed by atoms with Crippen LogP contribution in [-0.2, 0) is 9.63 Å². The lowest BCUT2D eigenvalue weighted by atomic mass is 9.91. The molecule has 0 spiro atoms. The average Bonchev–Trinajstić information content (AvgIpc) is 2.47. The number of fused-ring (bicyclic) bond motifs is 1. The fourth-order valence-electron chi connectivity index (χ4n) is 2.39. The summed E-state index contributed by atoms with van der Waals surface area (Å²) in [5, 5.41) is 0.373. The van der Waals surface area contributed by atoms with Crippen molar-refractivity contribution in [1.29, 1.82) is 0 Å². The molecule has 0 amide bonds. The summed E-state index contributed by atoms with van der Waals surface area (Å²) in [6.45, 7) is 5.24.